The molecule has 60 valence electrons. The number of hydrogen-bond acceptors (Lipinski definition) is 2. The molecule has 0 atom stereocenters. The van der Waals surface area contributed by atoms with E-state index in [0.717, 1.165) is 6.08 Å². The van der Waals surface area contributed by atoms with Crippen LogP contribution in [0.5, 0.6) is 0 Å². The Kier molecular flexibility index (Phi) is 2.31. The monoisotopic (exact) mass is 155 g/mol. The van der Waals surface area contributed by atoms with Crippen LogP contribution in [-0.2, 0) is 4.74 Å². The summed E-state index contributed by atoms with van der Waals surface area (Å²) in [7, 11) is 0. The van der Waals surface area contributed by atoms with Gasteiger partial charge in [-0.05, 0) is 6.08 Å². The summed E-state index contributed by atoms with van der Waals surface area (Å²) in [4.78, 5) is 0. The van der Waals surface area contributed by atoms with E-state index in [0.29, 0.717) is 18.8 Å². The van der Waals surface area contributed by atoms with Gasteiger partial charge < -0.3 is 10.1 Å². The standard InChI is InChI=1S/C8H10FNO/c1-3-7(9)8-6(2)10-4-5-11-8/h3,10H,1-2,4-5H2/b8-7-. The Labute approximate surface area is 65.0 Å². The molecule has 0 bridgehead atoms. The Morgan fingerprint density at radius 2 is 2.45 bits per heavy atom. The first kappa shape index (κ1) is 7.85. The molecule has 1 aliphatic rings. The minimum atomic E-state index is -0.470. The van der Waals surface area contributed by atoms with E-state index in [2.05, 4.69) is 18.5 Å². The number of rotatable bonds is 1. The normalized spacial score (nSPS) is 21.7. The van der Waals surface area contributed by atoms with Crippen molar-refractivity contribution in [1.29, 1.82) is 0 Å². The number of ether oxygens (including phenoxy) is 1. The number of allylic oxidation sites excluding steroid dienone is 2. The molecule has 1 rings (SSSR count). The zero-order valence-electron chi connectivity index (χ0n) is 6.19. The Balaban J connectivity index is 2.83. The molecule has 1 saturated heterocycles. The molecule has 0 unspecified atom stereocenters. The molecule has 1 N–H and O–H groups in total. The number of halogens is 1. The Morgan fingerprint density at radius 1 is 1.73 bits per heavy atom. The summed E-state index contributed by atoms with van der Waals surface area (Å²) in [6, 6.07) is 0. The number of nitrogens with one attached hydrogen (secondary N) is 1. The van der Waals surface area contributed by atoms with E-state index in [1.165, 1.54) is 0 Å². The topological polar surface area (TPSA) is 21.3 Å². The SMILES string of the molecule is C=C/C(F)=C1/OCCNC1=C. The van der Waals surface area contributed by atoms with Crippen LogP contribution in [0.25, 0.3) is 0 Å². The van der Waals surface area contributed by atoms with Crippen LogP contribution in [0.3, 0.4) is 0 Å². The van der Waals surface area contributed by atoms with Crippen molar-refractivity contribution in [2.45, 2.75) is 0 Å². The van der Waals surface area contributed by atoms with Crippen molar-refractivity contribution in [2.75, 3.05) is 13.2 Å². The lowest BCUT2D eigenvalue weighted by atomic mass is 10.3. The molecule has 0 aromatic heterocycles. The van der Waals surface area contributed by atoms with Crippen molar-refractivity contribution < 1.29 is 9.13 Å². The summed E-state index contributed by atoms with van der Waals surface area (Å²) >= 11 is 0. The quantitative estimate of drug-likeness (QED) is 0.619. The van der Waals surface area contributed by atoms with Crippen LogP contribution in [0.1, 0.15) is 0 Å². The molecule has 1 heterocycles. The lowest BCUT2D eigenvalue weighted by molar-refractivity contribution is 0.189. The third-order valence-electron chi connectivity index (χ3n) is 1.36. The van der Waals surface area contributed by atoms with E-state index in [1.807, 2.05) is 0 Å². The highest BCUT2D eigenvalue weighted by atomic mass is 19.1. The average Bonchev–Trinajstić information content (AvgIpc) is 2.04. The van der Waals surface area contributed by atoms with Gasteiger partial charge in [0, 0.05) is 6.54 Å². The van der Waals surface area contributed by atoms with Gasteiger partial charge in [0.25, 0.3) is 0 Å². The van der Waals surface area contributed by atoms with Gasteiger partial charge in [-0.15, -0.1) is 0 Å². The lowest BCUT2D eigenvalue weighted by Crippen LogP contribution is -2.27. The second-order valence-corrected chi connectivity index (χ2v) is 2.13. The van der Waals surface area contributed by atoms with Gasteiger partial charge in [-0.3, -0.25) is 0 Å². The van der Waals surface area contributed by atoms with E-state index in [1.54, 1.807) is 0 Å². The van der Waals surface area contributed by atoms with Crippen LogP contribution in [0, 0.1) is 0 Å². The zero-order chi connectivity index (χ0) is 8.27. The summed E-state index contributed by atoms with van der Waals surface area (Å²) in [5.41, 5.74) is 0.480. The molecule has 1 aliphatic heterocycles. The fraction of sp³-hybridized carbons (Fsp3) is 0.250. The second kappa shape index (κ2) is 3.23. The maximum Gasteiger partial charge on any atom is 0.177 e. The van der Waals surface area contributed by atoms with E-state index in [4.69, 9.17) is 4.74 Å². The molecule has 0 spiro atoms. The summed E-state index contributed by atoms with van der Waals surface area (Å²) < 4.78 is 17.8. The van der Waals surface area contributed by atoms with Gasteiger partial charge in [-0.2, -0.15) is 0 Å². The van der Waals surface area contributed by atoms with Crippen molar-refractivity contribution in [2.24, 2.45) is 0 Å². The van der Waals surface area contributed by atoms with Crippen molar-refractivity contribution >= 4 is 0 Å². The van der Waals surface area contributed by atoms with E-state index in [-0.39, 0.29) is 5.76 Å². The second-order valence-electron chi connectivity index (χ2n) is 2.13. The van der Waals surface area contributed by atoms with Crippen molar-refractivity contribution in [3.8, 4) is 0 Å². The first-order valence-corrected chi connectivity index (χ1v) is 3.34. The van der Waals surface area contributed by atoms with Crippen LogP contribution in [0.15, 0.2) is 36.5 Å². The Morgan fingerprint density at radius 3 is 3.00 bits per heavy atom. The highest BCUT2D eigenvalue weighted by molar-refractivity contribution is 5.29. The van der Waals surface area contributed by atoms with Gasteiger partial charge in [0.15, 0.2) is 11.6 Å². The first-order valence-electron chi connectivity index (χ1n) is 3.34. The van der Waals surface area contributed by atoms with Gasteiger partial charge in [-0.25, -0.2) is 4.39 Å². The first-order chi connectivity index (χ1) is 5.25. The lowest BCUT2D eigenvalue weighted by Gasteiger charge is -2.20. The van der Waals surface area contributed by atoms with Crippen LogP contribution >= 0.6 is 0 Å². The number of hydrogen-bond donors (Lipinski definition) is 1. The van der Waals surface area contributed by atoms with Crippen molar-refractivity contribution in [3.05, 3.63) is 36.5 Å². The molecule has 0 amide bonds. The van der Waals surface area contributed by atoms with Gasteiger partial charge in [-0.1, -0.05) is 13.2 Å². The van der Waals surface area contributed by atoms with Crippen LogP contribution in [-0.4, -0.2) is 13.2 Å². The van der Waals surface area contributed by atoms with Crippen molar-refractivity contribution in [3.63, 3.8) is 0 Å². The van der Waals surface area contributed by atoms with Crippen LogP contribution < -0.4 is 5.32 Å². The summed E-state index contributed by atoms with van der Waals surface area (Å²) in [5.74, 6) is -0.298. The molecule has 3 heteroatoms. The van der Waals surface area contributed by atoms with Crippen molar-refractivity contribution in [1.82, 2.24) is 5.32 Å². The highest BCUT2D eigenvalue weighted by Crippen LogP contribution is 2.17. The zero-order valence-corrected chi connectivity index (χ0v) is 6.19. The molecule has 0 aromatic carbocycles. The summed E-state index contributed by atoms with van der Waals surface area (Å²) in [5, 5.41) is 2.88. The number of morpholine rings is 1. The minimum Gasteiger partial charge on any atom is -0.487 e. The van der Waals surface area contributed by atoms with Gasteiger partial charge in [0.2, 0.25) is 0 Å². The van der Waals surface area contributed by atoms with E-state index >= 15 is 0 Å². The molecule has 1 fully saturated rings. The van der Waals surface area contributed by atoms with Crippen LogP contribution in [0.2, 0.25) is 0 Å². The molecule has 0 aliphatic carbocycles. The smallest absolute Gasteiger partial charge is 0.177 e. The molecule has 11 heavy (non-hydrogen) atoms. The molecule has 0 aromatic rings. The van der Waals surface area contributed by atoms with E-state index < -0.39 is 5.83 Å². The fourth-order valence-electron chi connectivity index (χ4n) is 0.828. The Bertz CT molecular complexity index is 220. The molecule has 0 saturated carbocycles. The summed E-state index contributed by atoms with van der Waals surface area (Å²) in [6.45, 7) is 8.01. The van der Waals surface area contributed by atoms with E-state index in [9.17, 15) is 4.39 Å². The molecule has 0 radical (unpaired) electrons. The predicted molar refractivity (Wildman–Crippen MR) is 41.4 cm³/mol. The summed E-state index contributed by atoms with van der Waals surface area (Å²) in [6.07, 6.45) is 1.10. The third kappa shape index (κ3) is 1.61. The van der Waals surface area contributed by atoms with Gasteiger partial charge in [0.1, 0.15) is 6.61 Å². The van der Waals surface area contributed by atoms with Gasteiger partial charge in [0.05, 0.1) is 5.70 Å². The highest BCUT2D eigenvalue weighted by Gasteiger charge is 2.13. The third-order valence-corrected chi connectivity index (χ3v) is 1.36. The molecular weight excluding hydrogens is 145 g/mol. The Hall–Kier alpha value is -1.25. The average molecular weight is 155 g/mol. The largest absolute Gasteiger partial charge is 0.487 e. The van der Waals surface area contributed by atoms with Crippen LogP contribution in [0.4, 0.5) is 4.39 Å². The fourth-order valence-corrected chi connectivity index (χ4v) is 0.828. The molecule has 2 nitrogen and oxygen atoms in total. The predicted octanol–water partition coefficient (Wildman–Crippen LogP) is 1.49. The van der Waals surface area contributed by atoms with Gasteiger partial charge >= 0.3 is 0 Å². The maximum atomic E-state index is 12.8. The maximum absolute atomic E-state index is 12.8. The molecular formula is C8H10FNO. The minimum absolute atomic E-state index is 0.172.